The number of piperidine rings is 1. The number of amides is 1. The molecule has 0 spiro atoms. The van der Waals surface area contributed by atoms with Crippen molar-refractivity contribution in [2.75, 3.05) is 13.1 Å². The second-order valence-corrected chi connectivity index (χ2v) is 10.0. The van der Waals surface area contributed by atoms with E-state index in [0.29, 0.717) is 31.1 Å². The number of nitrogens with zero attached hydrogens (tertiary/aromatic N) is 1. The minimum Gasteiger partial charge on any atom is -0.491 e. The van der Waals surface area contributed by atoms with Crippen molar-refractivity contribution < 1.29 is 17.9 Å². The summed E-state index contributed by atoms with van der Waals surface area (Å²) in [7, 11) is -3.59. The van der Waals surface area contributed by atoms with Gasteiger partial charge in [-0.3, -0.25) is 4.79 Å². The van der Waals surface area contributed by atoms with Crippen LogP contribution in [0.25, 0.3) is 0 Å². The van der Waals surface area contributed by atoms with Crippen molar-refractivity contribution in [3.05, 3.63) is 59.7 Å². The highest BCUT2D eigenvalue weighted by Gasteiger charge is 2.28. The van der Waals surface area contributed by atoms with Gasteiger partial charge in [-0.05, 0) is 68.5 Å². The third-order valence-electron chi connectivity index (χ3n) is 5.20. The van der Waals surface area contributed by atoms with Crippen LogP contribution in [0, 0.1) is 5.92 Å². The van der Waals surface area contributed by atoms with Crippen molar-refractivity contribution in [3.8, 4) is 5.75 Å². The highest BCUT2D eigenvalue weighted by atomic mass is 32.2. The van der Waals surface area contributed by atoms with E-state index in [0.717, 1.165) is 24.2 Å². The van der Waals surface area contributed by atoms with Crippen molar-refractivity contribution in [1.29, 1.82) is 0 Å². The van der Waals surface area contributed by atoms with Gasteiger partial charge in [-0.15, -0.1) is 0 Å². The Hall–Kier alpha value is -2.38. The monoisotopic (exact) mass is 430 g/mol. The standard InChI is InChI=1S/C23H30N2O4S/c1-17(2)29-21-8-4-6-19(14-21)16-24-23(26)20-7-5-9-22(15-20)30(27,28)25-12-10-18(3)11-13-25/h4-9,14-15,17-18H,10-13,16H2,1-3H3,(H,24,26). The van der Waals surface area contributed by atoms with Crippen LogP contribution in [-0.2, 0) is 16.6 Å². The smallest absolute Gasteiger partial charge is 0.251 e. The van der Waals surface area contributed by atoms with Crippen LogP contribution in [0.4, 0.5) is 0 Å². The molecule has 2 aromatic rings. The summed E-state index contributed by atoms with van der Waals surface area (Å²) in [5, 5.41) is 2.86. The van der Waals surface area contributed by atoms with E-state index in [2.05, 4.69) is 12.2 Å². The molecule has 7 heteroatoms. The summed E-state index contributed by atoms with van der Waals surface area (Å²) in [5.74, 6) is 0.980. The van der Waals surface area contributed by atoms with Gasteiger partial charge in [-0.2, -0.15) is 4.31 Å². The fourth-order valence-electron chi connectivity index (χ4n) is 3.46. The highest BCUT2D eigenvalue weighted by molar-refractivity contribution is 7.89. The van der Waals surface area contributed by atoms with Gasteiger partial charge in [0.15, 0.2) is 0 Å². The molecule has 0 saturated carbocycles. The topological polar surface area (TPSA) is 75.7 Å². The molecule has 1 saturated heterocycles. The molecule has 1 heterocycles. The van der Waals surface area contributed by atoms with Crippen LogP contribution in [0.2, 0.25) is 0 Å². The minimum atomic E-state index is -3.59. The maximum absolute atomic E-state index is 13.0. The zero-order valence-corrected chi connectivity index (χ0v) is 18.6. The van der Waals surface area contributed by atoms with Gasteiger partial charge in [0.1, 0.15) is 5.75 Å². The average molecular weight is 431 g/mol. The molecule has 6 nitrogen and oxygen atoms in total. The van der Waals surface area contributed by atoms with Crippen LogP contribution in [-0.4, -0.2) is 37.8 Å². The number of carbonyl (C=O) groups excluding carboxylic acids is 1. The maximum Gasteiger partial charge on any atom is 0.251 e. The molecular formula is C23H30N2O4S. The first-order valence-electron chi connectivity index (χ1n) is 10.4. The van der Waals surface area contributed by atoms with E-state index in [1.165, 1.54) is 10.4 Å². The Labute approximate surface area is 179 Å². The Morgan fingerprint density at radius 2 is 1.83 bits per heavy atom. The lowest BCUT2D eigenvalue weighted by atomic mass is 10.0. The van der Waals surface area contributed by atoms with Crippen molar-refractivity contribution in [2.24, 2.45) is 5.92 Å². The average Bonchev–Trinajstić information content (AvgIpc) is 2.72. The summed E-state index contributed by atoms with van der Waals surface area (Å²) in [4.78, 5) is 12.8. The maximum atomic E-state index is 13.0. The van der Waals surface area contributed by atoms with Crippen LogP contribution in [0.1, 0.15) is 49.5 Å². The fraction of sp³-hybridized carbons (Fsp3) is 0.435. The van der Waals surface area contributed by atoms with E-state index < -0.39 is 10.0 Å². The van der Waals surface area contributed by atoms with Gasteiger partial charge in [0.2, 0.25) is 10.0 Å². The lowest BCUT2D eigenvalue weighted by Gasteiger charge is -2.29. The number of hydrogen-bond donors (Lipinski definition) is 1. The Morgan fingerprint density at radius 1 is 1.13 bits per heavy atom. The molecule has 0 aliphatic carbocycles. The first kappa shape index (κ1) is 22.3. The van der Waals surface area contributed by atoms with E-state index in [1.54, 1.807) is 18.2 Å². The summed E-state index contributed by atoms with van der Waals surface area (Å²) >= 11 is 0. The van der Waals surface area contributed by atoms with Crippen molar-refractivity contribution in [3.63, 3.8) is 0 Å². The number of rotatable bonds is 7. The van der Waals surface area contributed by atoms with E-state index in [1.807, 2.05) is 38.1 Å². The fourth-order valence-corrected chi connectivity index (χ4v) is 4.97. The van der Waals surface area contributed by atoms with Crippen LogP contribution >= 0.6 is 0 Å². The zero-order chi connectivity index (χ0) is 21.7. The molecule has 1 aliphatic rings. The predicted molar refractivity (Wildman–Crippen MR) is 117 cm³/mol. The molecule has 0 atom stereocenters. The van der Waals surface area contributed by atoms with E-state index in [9.17, 15) is 13.2 Å². The molecule has 0 aromatic heterocycles. The van der Waals surface area contributed by atoms with E-state index in [4.69, 9.17) is 4.74 Å². The molecule has 0 bridgehead atoms. The zero-order valence-electron chi connectivity index (χ0n) is 17.8. The van der Waals surface area contributed by atoms with Crippen molar-refractivity contribution >= 4 is 15.9 Å². The summed E-state index contributed by atoms with van der Waals surface area (Å²) in [6.45, 7) is 7.43. The van der Waals surface area contributed by atoms with Gasteiger partial charge in [-0.1, -0.05) is 25.1 Å². The number of hydrogen-bond acceptors (Lipinski definition) is 4. The van der Waals surface area contributed by atoms with Gasteiger partial charge in [0, 0.05) is 25.2 Å². The van der Waals surface area contributed by atoms with Gasteiger partial charge in [-0.25, -0.2) is 8.42 Å². The normalized spacial score (nSPS) is 15.9. The summed E-state index contributed by atoms with van der Waals surface area (Å²) < 4.78 is 33.1. The molecule has 1 N–H and O–H groups in total. The summed E-state index contributed by atoms with van der Waals surface area (Å²) in [6.07, 6.45) is 1.79. The van der Waals surface area contributed by atoms with Crippen LogP contribution in [0.15, 0.2) is 53.4 Å². The van der Waals surface area contributed by atoms with E-state index in [-0.39, 0.29) is 16.9 Å². The largest absolute Gasteiger partial charge is 0.491 e. The number of benzene rings is 2. The van der Waals surface area contributed by atoms with Crippen LogP contribution in [0.3, 0.4) is 0 Å². The predicted octanol–water partition coefficient (Wildman–Crippen LogP) is 3.82. The Bertz CT molecular complexity index is 980. The number of ether oxygens (including phenoxy) is 1. The van der Waals surface area contributed by atoms with Gasteiger partial charge in [0.25, 0.3) is 5.91 Å². The molecule has 30 heavy (non-hydrogen) atoms. The SMILES string of the molecule is CC1CCN(S(=O)(=O)c2cccc(C(=O)NCc3cccc(OC(C)C)c3)c2)CC1. The second-order valence-electron chi connectivity index (χ2n) is 8.11. The molecule has 2 aromatic carbocycles. The molecule has 0 radical (unpaired) electrons. The first-order valence-corrected chi connectivity index (χ1v) is 11.8. The highest BCUT2D eigenvalue weighted by Crippen LogP contribution is 2.24. The lowest BCUT2D eigenvalue weighted by Crippen LogP contribution is -2.38. The van der Waals surface area contributed by atoms with Gasteiger partial charge in [0.05, 0.1) is 11.0 Å². The third-order valence-corrected chi connectivity index (χ3v) is 7.09. The van der Waals surface area contributed by atoms with Gasteiger partial charge >= 0.3 is 0 Å². The van der Waals surface area contributed by atoms with Crippen molar-refractivity contribution in [1.82, 2.24) is 9.62 Å². The summed E-state index contributed by atoms with van der Waals surface area (Å²) in [6, 6.07) is 13.8. The third kappa shape index (κ3) is 5.61. The first-order chi connectivity index (χ1) is 14.3. The summed E-state index contributed by atoms with van der Waals surface area (Å²) in [5.41, 5.74) is 1.24. The molecule has 1 fully saturated rings. The quantitative estimate of drug-likeness (QED) is 0.724. The number of carbonyl (C=O) groups is 1. The molecule has 1 aliphatic heterocycles. The Morgan fingerprint density at radius 3 is 2.53 bits per heavy atom. The lowest BCUT2D eigenvalue weighted by molar-refractivity contribution is 0.0950. The van der Waals surface area contributed by atoms with Gasteiger partial charge < -0.3 is 10.1 Å². The Balaban J connectivity index is 1.67. The molecule has 162 valence electrons. The minimum absolute atomic E-state index is 0.0719. The molecular weight excluding hydrogens is 400 g/mol. The molecule has 0 unspecified atom stereocenters. The Kier molecular flexibility index (Phi) is 7.15. The van der Waals surface area contributed by atoms with Crippen LogP contribution in [0.5, 0.6) is 5.75 Å². The number of nitrogens with one attached hydrogen (secondary N) is 1. The van der Waals surface area contributed by atoms with Crippen LogP contribution < -0.4 is 10.1 Å². The number of sulfonamides is 1. The van der Waals surface area contributed by atoms with E-state index >= 15 is 0 Å². The second kappa shape index (κ2) is 9.62. The van der Waals surface area contributed by atoms with Crippen molar-refractivity contribution in [2.45, 2.75) is 51.2 Å². The molecule has 1 amide bonds. The molecule has 3 rings (SSSR count).